The van der Waals surface area contributed by atoms with Gasteiger partial charge in [-0.1, -0.05) is 6.92 Å². The van der Waals surface area contributed by atoms with Gasteiger partial charge in [0.2, 0.25) is 0 Å². The summed E-state index contributed by atoms with van der Waals surface area (Å²) in [6.07, 6.45) is 1.63. The quantitative estimate of drug-likeness (QED) is 0.875. The molecule has 2 unspecified atom stereocenters. The number of sulfone groups is 2. The van der Waals surface area contributed by atoms with Crippen LogP contribution < -0.4 is 5.73 Å². The maximum absolute atomic E-state index is 12.3. The lowest BCUT2D eigenvalue weighted by Crippen LogP contribution is -2.37. The highest BCUT2D eigenvalue weighted by Gasteiger charge is 2.27. The summed E-state index contributed by atoms with van der Waals surface area (Å²) in [5.74, 6) is 0. The van der Waals surface area contributed by atoms with Crippen LogP contribution in [0.25, 0.3) is 0 Å². The Hall–Kier alpha value is -0.920. The Morgan fingerprint density at radius 1 is 1.05 bits per heavy atom. The van der Waals surface area contributed by atoms with Crippen LogP contribution in [-0.2, 0) is 19.7 Å². The zero-order chi connectivity index (χ0) is 14.8. The Balaban J connectivity index is 3.18. The molecule has 0 bridgehead atoms. The average molecular weight is 305 g/mol. The smallest absolute Gasteiger partial charge is 0.182 e. The van der Waals surface area contributed by atoms with Crippen LogP contribution >= 0.6 is 0 Å². The van der Waals surface area contributed by atoms with Crippen LogP contribution in [0.2, 0.25) is 0 Å². The Bertz CT molecular complexity index is 633. The van der Waals surface area contributed by atoms with E-state index in [0.29, 0.717) is 6.42 Å². The summed E-state index contributed by atoms with van der Waals surface area (Å²) in [4.78, 5) is 0.190. The second-order valence-electron chi connectivity index (χ2n) is 4.57. The first kappa shape index (κ1) is 16.1. The summed E-state index contributed by atoms with van der Waals surface area (Å²) in [5.41, 5.74) is 5.76. The number of benzene rings is 1. The van der Waals surface area contributed by atoms with E-state index in [1.807, 2.05) is 6.92 Å². The first-order valence-corrected chi connectivity index (χ1v) is 9.34. The molecule has 7 heteroatoms. The zero-order valence-corrected chi connectivity index (χ0v) is 12.8. The molecular weight excluding hydrogens is 286 g/mol. The normalized spacial score (nSPS) is 16.0. The second kappa shape index (κ2) is 5.60. The van der Waals surface area contributed by atoms with Gasteiger partial charge < -0.3 is 5.73 Å². The molecule has 2 N–H and O–H groups in total. The third-order valence-electron chi connectivity index (χ3n) is 3.14. The van der Waals surface area contributed by atoms with Gasteiger partial charge >= 0.3 is 0 Å². The maximum Gasteiger partial charge on any atom is 0.182 e. The fourth-order valence-corrected chi connectivity index (χ4v) is 3.88. The Kier molecular flexibility index (Phi) is 4.76. The lowest BCUT2D eigenvalue weighted by Gasteiger charge is -2.18. The molecule has 0 saturated heterocycles. The highest BCUT2D eigenvalue weighted by Crippen LogP contribution is 2.20. The molecule has 0 radical (unpaired) electrons. The van der Waals surface area contributed by atoms with Crippen molar-refractivity contribution in [1.29, 1.82) is 0 Å². The molecule has 0 heterocycles. The molecule has 1 aromatic rings. The van der Waals surface area contributed by atoms with Gasteiger partial charge in [0.15, 0.2) is 19.7 Å². The van der Waals surface area contributed by atoms with Crippen LogP contribution in [0.4, 0.5) is 0 Å². The van der Waals surface area contributed by atoms with Gasteiger partial charge in [-0.15, -0.1) is 0 Å². The Morgan fingerprint density at radius 3 is 1.84 bits per heavy atom. The van der Waals surface area contributed by atoms with Gasteiger partial charge in [0.05, 0.1) is 15.0 Å². The molecule has 1 aromatic carbocycles. The summed E-state index contributed by atoms with van der Waals surface area (Å²) in [7, 11) is -6.86. The average Bonchev–Trinajstić information content (AvgIpc) is 2.36. The van der Waals surface area contributed by atoms with Crippen molar-refractivity contribution in [2.75, 3.05) is 6.26 Å². The van der Waals surface area contributed by atoms with Gasteiger partial charge in [-0.2, -0.15) is 0 Å². The fourth-order valence-electron chi connectivity index (χ4n) is 1.65. The number of rotatable bonds is 5. The van der Waals surface area contributed by atoms with Gasteiger partial charge in [0.1, 0.15) is 0 Å². The van der Waals surface area contributed by atoms with Gasteiger partial charge in [0, 0.05) is 12.3 Å². The lowest BCUT2D eigenvalue weighted by molar-refractivity contribution is 0.551. The van der Waals surface area contributed by atoms with E-state index < -0.39 is 31.0 Å². The molecule has 1 rings (SSSR count). The molecule has 5 nitrogen and oxygen atoms in total. The van der Waals surface area contributed by atoms with E-state index in [2.05, 4.69) is 0 Å². The monoisotopic (exact) mass is 305 g/mol. The van der Waals surface area contributed by atoms with E-state index in [0.717, 1.165) is 6.26 Å². The van der Waals surface area contributed by atoms with Crippen molar-refractivity contribution in [2.45, 2.75) is 41.4 Å². The van der Waals surface area contributed by atoms with Crippen molar-refractivity contribution >= 4 is 19.7 Å². The first-order chi connectivity index (χ1) is 8.60. The third-order valence-corrected chi connectivity index (χ3v) is 6.53. The van der Waals surface area contributed by atoms with Crippen molar-refractivity contribution in [3.8, 4) is 0 Å². The van der Waals surface area contributed by atoms with E-state index in [-0.39, 0.29) is 9.79 Å². The van der Waals surface area contributed by atoms with Gasteiger partial charge in [0.25, 0.3) is 0 Å². The zero-order valence-electron chi connectivity index (χ0n) is 11.2. The van der Waals surface area contributed by atoms with Crippen LogP contribution in [0, 0.1) is 0 Å². The molecule has 108 valence electrons. The fraction of sp³-hybridized carbons (Fsp3) is 0.500. The molecule has 0 amide bonds. The predicted molar refractivity (Wildman–Crippen MR) is 74.5 cm³/mol. The molecular formula is C12H19NO4S2. The molecule has 0 fully saturated rings. The molecule has 0 saturated carbocycles. The summed E-state index contributed by atoms with van der Waals surface area (Å²) in [6, 6.07) is 4.77. The van der Waals surface area contributed by atoms with Gasteiger partial charge in [-0.05, 0) is 37.6 Å². The van der Waals surface area contributed by atoms with Crippen molar-refractivity contribution in [1.82, 2.24) is 0 Å². The van der Waals surface area contributed by atoms with E-state index in [1.165, 1.54) is 24.3 Å². The second-order valence-corrected chi connectivity index (χ2v) is 8.89. The predicted octanol–water partition coefficient (Wildman–Crippen LogP) is 0.990. The number of nitrogens with two attached hydrogens (primary N) is 1. The number of hydrogen-bond acceptors (Lipinski definition) is 5. The SMILES string of the molecule is CCC(N)C(C)S(=O)(=O)c1ccc(S(C)(=O)=O)cc1. The summed E-state index contributed by atoms with van der Waals surface area (Å²) >= 11 is 0. The Labute approximate surface area is 114 Å². The highest BCUT2D eigenvalue weighted by molar-refractivity contribution is 7.92. The Morgan fingerprint density at radius 2 is 1.47 bits per heavy atom. The van der Waals surface area contributed by atoms with Crippen molar-refractivity contribution in [3.05, 3.63) is 24.3 Å². The van der Waals surface area contributed by atoms with Crippen molar-refractivity contribution in [2.24, 2.45) is 5.73 Å². The van der Waals surface area contributed by atoms with E-state index >= 15 is 0 Å². The van der Waals surface area contributed by atoms with Gasteiger partial charge in [-0.3, -0.25) is 0 Å². The third kappa shape index (κ3) is 3.55. The largest absolute Gasteiger partial charge is 0.327 e. The molecule has 0 aliphatic heterocycles. The van der Waals surface area contributed by atoms with Crippen molar-refractivity contribution in [3.63, 3.8) is 0 Å². The summed E-state index contributed by atoms with van der Waals surface area (Å²) < 4.78 is 47.2. The minimum Gasteiger partial charge on any atom is -0.327 e. The minimum atomic E-state index is -3.53. The molecule has 19 heavy (non-hydrogen) atoms. The molecule has 0 aliphatic rings. The van der Waals surface area contributed by atoms with Crippen LogP contribution in [0.1, 0.15) is 20.3 Å². The summed E-state index contributed by atoms with van der Waals surface area (Å²) in [6.45, 7) is 3.39. The molecule has 2 atom stereocenters. The van der Waals surface area contributed by atoms with E-state index in [9.17, 15) is 16.8 Å². The standard InChI is InChI=1S/C12H19NO4S2/c1-4-12(13)9(2)19(16,17)11-7-5-10(6-8-11)18(3,14)15/h5-9,12H,4,13H2,1-3H3. The summed E-state index contributed by atoms with van der Waals surface area (Å²) in [5, 5.41) is -0.707. The van der Waals surface area contributed by atoms with Crippen molar-refractivity contribution < 1.29 is 16.8 Å². The first-order valence-electron chi connectivity index (χ1n) is 5.90. The minimum absolute atomic E-state index is 0.0938. The van der Waals surface area contributed by atoms with Crippen LogP contribution in [0.5, 0.6) is 0 Å². The van der Waals surface area contributed by atoms with Gasteiger partial charge in [-0.25, -0.2) is 16.8 Å². The highest BCUT2D eigenvalue weighted by atomic mass is 32.2. The van der Waals surface area contributed by atoms with Crippen LogP contribution in [0.3, 0.4) is 0 Å². The van der Waals surface area contributed by atoms with E-state index in [4.69, 9.17) is 5.73 Å². The maximum atomic E-state index is 12.3. The molecule has 0 aromatic heterocycles. The molecule has 0 spiro atoms. The topological polar surface area (TPSA) is 94.3 Å². The van der Waals surface area contributed by atoms with Crippen LogP contribution in [0.15, 0.2) is 34.1 Å². The van der Waals surface area contributed by atoms with E-state index in [1.54, 1.807) is 6.92 Å². The molecule has 0 aliphatic carbocycles. The lowest BCUT2D eigenvalue weighted by atomic mass is 10.2. The van der Waals surface area contributed by atoms with Crippen LogP contribution in [-0.4, -0.2) is 34.4 Å². The number of hydrogen-bond donors (Lipinski definition) is 1.